The quantitative estimate of drug-likeness (QED) is 0.511. The van der Waals surface area contributed by atoms with Gasteiger partial charge in [-0.1, -0.05) is 12.8 Å². The van der Waals surface area contributed by atoms with E-state index in [9.17, 15) is 0 Å². The largest absolute Gasteiger partial charge is 0.385 e. The molecule has 1 fully saturated rings. The van der Waals surface area contributed by atoms with Crippen molar-refractivity contribution in [2.24, 2.45) is 16.3 Å². The first kappa shape index (κ1) is 6.01. The van der Waals surface area contributed by atoms with E-state index in [-0.39, 0.29) is 5.41 Å². The van der Waals surface area contributed by atoms with Crippen molar-refractivity contribution in [1.82, 2.24) is 5.43 Å². The monoisotopic (exact) mass is 139 g/mol. The summed E-state index contributed by atoms with van der Waals surface area (Å²) in [6.45, 7) is 0.971. The van der Waals surface area contributed by atoms with E-state index in [1.54, 1.807) is 0 Å². The van der Waals surface area contributed by atoms with E-state index in [4.69, 9.17) is 5.73 Å². The number of nitrogens with one attached hydrogen (secondary N) is 1. The van der Waals surface area contributed by atoms with Crippen LogP contribution in [0.1, 0.15) is 25.7 Å². The maximum Gasteiger partial charge on any atom is 0.127 e. The summed E-state index contributed by atoms with van der Waals surface area (Å²) in [4.78, 5) is 0. The average molecular weight is 139 g/mol. The third-order valence-electron chi connectivity index (χ3n) is 2.72. The van der Waals surface area contributed by atoms with Gasteiger partial charge >= 0.3 is 0 Å². The van der Waals surface area contributed by atoms with Crippen LogP contribution in [0.4, 0.5) is 0 Å². The van der Waals surface area contributed by atoms with Crippen LogP contribution in [0, 0.1) is 5.41 Å². The van der Waals surface area contributed by atoms with Crippen LogP contribution in [0.25, 0.3) is 0 Å². The van der Waals surface area contributed by atoms with Gasteiger partial charge in [-0.3, -0.25) is 0 Å². The number of nitrogens with two attached hydrogens (primary N) is 1. The Bertz CT molecular complexity index is 168. The zero-order valence-electron chi connectivity index (χ0n) is 6.06. The fourth-order valence-electron chi connectivity index (χ4n) is 1.97. The molecule has 0 aromatic carbocycles. The first-order valence-electron chi connectivity index (χ1n) is 3.90. The Morgan fingerprint density at radius 3 is 2.60 bits per heavy atom. The molecule has 1 aliphatic heterocycles. The summed E-state index contributed by atoms with van der Waals surface area (Å²) >= 11 is 0. The van der Waals surface area contributed by atoms with Crippen LogP contribution >= 0.6 is 0 Å². The molecule has 0 amide bonds. The number of amidine groups is 1. The maximum absolute atomic E-state index is 5.76. The Kier molecular flexibility index (Phi) is 1.13. The standard InChI is InChI=1S/C7H13N3/c8-6-7(5-9-10-6)3-1-2-4-7/h9H,1-5H2,(H2,8,10). The summed E-state index contributed by atoms with van der Waals surface area (Å²) in [5, 5.41) is 4.02. The number of nitrogens with zero attached hydrogens (tertiary/aromatic N) is 1. The molecule has 2 aliphatic rings. The zero-order valence-corrected chi connectivity index (χ0v) is 6.06. The van der Waals surface area contributed by atoms with E-state index in [1.165, 1.54) is 25.7 Å². The second kappa shape index (κ2) is 1.87. The van der Waals surface area contributed by atoms with Gasteiger partial charge in [0, 0.05) is 12.0 Å². The highest BCUT2D eigenvalue weighted by Crippen LogP contribution is 2.39. The van der Waals surface area contributed by atoms with Crippen molar-refractivity contribution in [2.75, 3.05) is 6.54 Å². The van der Waals surface area contributed by atoms with E-state index in [0.29, 0.717) is 0 Å². The van der Waals surface area contributed by atoms with Crippen molar-refractivity contribution in [3.8, 4) is 0 Å². The highest BCUT2D eigenvalue weighted by atomic mass is 15.3. The summed E-state index contributed by atoms with van der Waals surface area (Å²) in [6, 6.07) is 0. The molecule has 0 unspecified atom stereocenters. The second-order valence-electron chi connectivity index (χ2n) is 3.32. The van der Waals surface area contributed by atoms with E-state index in [0.717, 1.165) is 12.4 Å². The molecule has 10 heavy (non-hydrogen) atoms. The van der Waals surface area contributed by atoms with Crippen LogP contribution < -0.4 is 11.2 Å². The second-order valence-corrected chi connectivity index (χ2v) is 3.32. The summed E-state index contributed by atoms with van der Waals surface area (Å²) < 4.78 is 0. The zero-order chi connectivity index (χ0) is 7.03. The summed E-state index contributed by atoms with van der Waals surface area (Å²) in [5.41, 5.74) is 8.99. The molecular weight excluding hydrogens is 126 g/mol. The van der Waals surface area contributed by atoms with E-state index in [2.05, 4.69) is 10.5 Å². The van der Waals surface area contributed by atoms with Gasteiger partial charge in [0.15, 0.2) is 0 Å². The molecule has 0 bridgehead atoms. The minimum Gasteiger partial charge on any atom is -0.385 e. The SMILES string of the molecule is NC1=NNCC12CCCC2. The van der Waals surface area contributed by atoms with Crippen molar-refractivity contribution in [1.29, 1.82) is 0 Å². The average Bonchev–Trinajstić information content (AvgIpc) is 2.48. The van der Waals surface area contributed by atoms with Gasteiger partial charge in [-0.25, -0.2) is 0 Å². The number of rotatable bonds is 0. The first-order chi connectivity index (χ1) is 4.83. The van der Waals surface area contributed by atoms with Crippen molar-refractivity contribution in [3.63, 3.8) is 0 Å². The molecule has 56 valence electrons. The third-order valence-corrected chi connectivity index (χ3v) is 2.72. The van der Waals surface area contributed by atoms with Crippen molar-refractivity contribution in [3.05, 3.63) is 0 Å². The molecule has 0 aromatic rings. The van der Waals surface area contributed by atoms with Gasteiger partial charge in [0.25, 0.3) is 0 Å². The normalized spacial score (nSPS) is 28.6. The topological polar surface area (TPSA) is 50.4 Å². The number of hydrogen-bond donors (Lipinski definition) is 2. The van der Waals surface area contributed by atoms with Gasteiger partial charge in [0.1, 0.15) is 5.84 Å². The first-order valence-corrected chi connectivity index (χ1v) is 3.90. The fourth-order valence-corrected chi connectivity index (χ4v) is 1.97. The van der Waals surface area contributed by atoms with Crippen LogP contribution in [0.15, 0.2) is 5.10 Å². The molecule has 1 spiro atoms. The predicted molar refractivity (Wildman–Crippen MR) is 40.5 cm³/mol. The highest BCUT2D eigenvalue weighted by Gasteiger charge is 2.40. The van der Waals surface area contributed by atoms with Gasteiger partial charge < -0.3 is 11.2 Å². The van der Waals surface area contributed by atoms with Crippen LogP contribution in [0.3, 0.4) is 0 Å². The Morgan fingerprint density at radius 2 is 2.10 bits per heavy atom. The van der Waals surface area contributed by atoms with Gasteiger partial charge in [0.05, 0.1) is 0 Å². The van der Waals surface area contributed by atoms with Crippen LogP contribution in [0.2, 0.25) is 0 Å². The lowest BCUT2D eigenvalue weighted by Gasteiger charge is -2.19. The van der Waals surface area contributed by atoms with Crippen LogP contribution in [-0.2, 0) is 0 Å². The Labute approximate surface area is 60.7 Å². The van der Waals surface area contributed by atoms with Crippen LogP contribution in [0.5, 0.6) is 0 Å². The van der Waals surface area contributed by atoms with Gasteiger partial charge in [0.2, 0.25) is 0 Å². The molecular formula is C7H13N3. The lowest BCUT2D eigenvalue weighted by Crippen LogP contribution is -2.34. The molecule has 3 heteroatoms. The van der Waals surface area contributed by atoms with Gasteiger partial charge in [-0.15, -0.1) is 0 Å². The number of hydrogen-bond acceptors (Lipinski definition) is 3. The van der Waals surface area contributed by atoms with Crippen molar-refractivity contribution in [2.45, 2.75) is 25.7 Å². The predicted octanol–water partition coefficient (Wildman–Crippen LogP) is 0.422. The summed E-state index contributed by atoms with van der Waals surface area (Å²) in [5.74, 6) is 0.838. The summed E-state index contributed by atoms with van der Waals surface area (Å²) in [7, 11) is 0. The molecule has 3 N–H and O–H groups in total. The molecule has 0 aromatic heterocycles. The summed E-state index contributed by atoms with van der Waals surface area (Å²) in [6.07, 6.45) is 5.10. The molecule has 2 rings (SSSR count). The molecule has 3 nitrogen and oxygen atoms in total. The molecule has 0 saturated heterocycles. The lowest BCUT2D eigenvalue weighted by molar-refractivity contribution is 0.439. The molecule has 0 radical (unpaired) electrons. The molecule has 0 atom stereocenters. The Hall–Kier alpha value is -0.730. The lowest BCUT2D eigenvalue weighted by atomic mass is 9.86. The van der Waals surface area contributed by atoms with E-state index < -0.39 is 0 Å². The molecule has 1 heterocycles. The Balaban J connectivity index is 2.21. The molecule has 1 aliphatic carbocycles. The smallest absolute Gasteiger partial charge is 0.127 e. The highest BCUT2D eigenvalue weighted by molar-refractivity contribution is 5.88. The van der Waals surface area contributed by atoms with E-state index in [1.807, 2.05) is 0 Å². The Morgan fingerprint density at radius 1 is 1.40 bits per heavy atom. The van der Waals surface area contributed by atoms with Crippen molar-refractivity contribution >= 4 is 5.84 Å². The minimum absolute atomic E-state index is 0.264. The van der Waals surface area contributed by atoms with Gasteiger partial charge in [-0.05, 0) is 12.8 Å². The molecule has 1 saturated carbocycles. The third kappa shape index (κ3) is 0.632. The van der Waals surface area contributed by atoms with Crippen molar-refractivity contribution < 1.29 is 0 Å². The van der Waals surface area contributed by atoms with E-state index >= 15 is 0 Å². The minimum atomic E-state index is 0.264. The van der Waals surface area contributed by atoms with Crippen LogP contribution in [-0.4, -0.2) is 12.4 Å². The fraction of sp³-hybridized carbons (Fsp3) is 0.857. The maximum atomic E-state index is 5.76. The number of hydrazone groups is 1. The van der Waals surface area contributed by atoms with Gasteiger partial charge in [-0.2, -0.15) is 5.10 Å².